The van der Waals surface area contributed by atoms with Gasteiger partial charge in [0, 0.05) is 6.61 Å². The van der Waals surface area contributed by atoms with Crippen molar-refractivity contribution in [3.8, 4) is 0 Å². The number of rotatable bonds is 7. The molecule has 1 fully saturated rings. The predicted octanol–water partition coefficient (Wildman–Crippen LogP) is 2.49. The average Bonchev–Trinajstić information content (AvgIpc) is 2.85. The molecule has 0 amide bonds. The SMILES string of the molecule is C=CC1(OCC)OCC(COCc2ccccc2)O1. The molecule has 1 aliphatic rings. The molecular weight excluding hydrogens is 244 g/mol. The fraction of sp³-hybridized carbons (Fsp3) is 0.467. The summed E-state index contributed by atoms with van der Waals surface area (Å²) in [7, 11) is 0. The summed E-state index contributed by atoms with van der Waals surface area (Å²) in [6.07, 6.45) is 1.40. The lowest BCUT2D eigenvalue weighted by molar-refractivity contribution is -0.303. The van der Waals surface area contributed by atoms with Crippen LogP contribution in [0.3, 0.4) is 0 Å². The second kappa shape index (κ2) is 6.82. The molecule has 1 heterocycles. The first-order chi connectivity index (χ1) is 9.28. The Balaban J connectivity index is 1.75. The highest BCUT2D eigenvalue weighted by Gasteiger charge is 2.40. The molecule has 2 rings (SSSR count). The minimum Gasteiger partial charge on any atom is -0.374 e. The van der Waals surface area contributed by atoms with Crippen molar-refractivity contribution >= 4 is 0 Å². The zero-order valence-electron chi connectivity index (χ0n) is 11.2. The molecule has 0 aliphatic carbocycles. The third kappa shape index (κ3) is 3.88. The summed E-state index contributed by atoms with van der Waals surface area (Å²) < 4.78 is 22.2. The van der Waals surface area contributed by atoms with Gasteiger partial charge in [-0.05, 0) is 18.6 Å². The lowest BCUT2D eigenvalue weighted by Gasteiger charge is -2.23. The molecule has 2 atom stereocenters. The topological polar surface area (TPSA) is 36.9 Å². The van der Waals surface area contributed by atoms with E-state index in [-0.39, 0.29) is 6.10 Å². The van der Waals surface area contributed by atoms with Gasteiger partial charge in [0.25, 0.3) is 0 Å². The number of hydrogen-bond acceptors (Lipinski definition) is 4. The normalized spacial score (nSPS) is 26.5. The Labute approximate surface area is 113 Å². The molecule has 104 valence electrons. The molecule has 19 heavy (non-hydrogen) atoms. The summed E-state index contributed by atoms with van der Waals surface area (Å²) in [5.74, 6) is -1.10. The average molecular weight is 264 g/mol. The molecule has 1 saturated heterocycles. The van der Waals surface area contributed by atoms with Gasteiger partial charge >= 0.3 is 5.97 Å². The van der Waals surface area contributed by atoms with Crippen LogP contribution >= 0.6 is 0 Å². The molecule has 0 spiro atoms. The maximum Gasteiger partial charge on any atom is 0.304 e. The Morgan fingerprint density at radius 1 is 1.42 bits per heavy atom. The molecule has 0 saturated carbocycles. The summed E-state index contributed by atoms with van der Waals surface area (Å²) in [6, 6.07) is 10.0. The van der Waals surface area contributed by atoms with E-state index in [1.165, 1.54) is 6.08 Å². The van der Waals surface area contributed by atoms with Gasteiger partial charge in [-0.2, -0.15) is 0 Å². The monoisotopic (exact) mass is 264 g/mol. The lowest BCUT2D eigenvalue weighted by atomic mass is 10.2. The maximum atomic E-state index is 5.69. The Morgan fingerprint density at radius 2 is 2.21 bits per heavy atom. The van der Waals surface area contributed by atoms with Gasteiger partial charge in [0.15, 0.2) is 0 Å². The van der Waals surface area contributed by atoms with E-state index >= 15 is 0 Å². The quantitative estimate of drug-likeness (QED) is 0.709. The zero-order chi connectivity index (χ0) is 13.6. The Hall–Kier alpha value is -1.20. The second-order valence-electron chi connectivity index (χ2n) is 4.29. The van der Waals surface area contributed by atoms with Gasteiger partial charge in [0.05, 0.1) is 19.8 Å². The minimum atomic E-state index is -1.10. The standard InChI is InChI=1S/C15H20O4/c1-3-15(17-4-2)18-12-14(19-15)11-16-10-13-8-6-5-7-9-13/h3,5-9,14H,1,4,10-12H2,2H3. The number of hydrogen-bond donors (Lipinski definition) is 0. The van der Waals surface area contributed by atoms with Gasteiger partial charge in [0.1, 0.15) is 6.10 Å². The molecule has 0 aromatic heterocycles. The molecule has 4 heteroatoms. The van der Waals surface area contributed by atoms with Crippen molar-refractivity contribution < 1.29 is 18.9 Å². The van der Waals surface area contributed by atoms with E-state index in [1.54, 1.807) is 0 Å². The number of ether oxygens (including phenoxy) is 4. The molecule has 4 nitrogen and oxygen atoms in total. The highest BCUT2D eigenvalue weighted by Crippen LogP contribution is 2.26. The third-order valence-electron chi connectivity index (χ3n) is 2.81. The van der Waals surface area contributed by atoms with E-state index in [4.69, 9.17) is 18.9 Å². The van der Waals surface area contributed by atoms with Crippen LogP contribution in [0.25, 0.3) is 0 Å². The van der Waals surface area contributed by atoms with Gasteiger partial charge < -0.3 is 18.9 Å². The maximum absolute atomic E-state index is 5.69. The van der Waals surface area contributed by atoms with Gasteiger partial charge in [-0.15, -0.1) is 0 Å². The van der Waals surface area contributed by atoms with Gasteiger partial charge in [-0.1, -0.05) is 36.9 Å². The van der Waals surface area contributed by atoms with Gasteiger partial charge in [-0.3, -0.25) is 0 Å². The van der Waals surface area contributed by atoms with Crippen molar-refractivity contribution in [2.75, 3.05) is 19.8 Å². The molecular formula is C15H20O4. The lowest BCUT2D eigenvalue weighted by Crippen LogP contribution is -2.32. The second-order valence-corrected chi connectivity index (χ2v) is 4.29. The highest BCUT2D eigenvalue weighted by atomic mass is 16.9. The minimum absolute atomic E-state index is 0.131. The fourth-order valence-corrected chi connectivity index (χ4v) is 1.92. The number of benzene rings is 1. The van der Waals surface area contributed by atoms with E-state index in [2.05, 4.69) is 6.58 Å². The van der Waals surface area contributed by atoms with E-state index in [0.717, 1.165) is 5.56 Å². The molecule has 1 aliphatic heterocycles. The van der Waals surface area contributed by atoms with Crippen molar-refractivity contribution in [3.05, 3.63) is 48.6 Å². The Morgan fingerprint density at radius 3 is 2.89 bits per heavy atom. The molecule has 1 aromatic carbocycles. The van der Waals surface area contributed by atoms with E-state index < -0.39 is 5.97 Å². The first-order valence-electron chi connectivity index (χ1n) is 6.49. The molecule has 2 unspecified atom stereocenters. The molecule has 0 N–H and O–H groups in total. The molecule has 0 radical (unpaired) electrons. The van der Waals surface area contributed by atoms with Crippen LogP contribution in [0.2, 0.25) is 0 Å². The van der Waals surface area contributed by atoms with E-state index in [9.17, 15) is 0 Å². The van der Waals surface area contributed by atoms with Crippen LogP contribution in [0.1, 0.15) is 12.5 Å². The van der Waals surface area contributed by atoms with E-state index in [1.807, 2.05) is 37.3 Å². The third-order valence-corrected chi connectivity index (χ3v) is 2.81. The summed E-state index contributed by atoms with van der Waals surface area (Å²) in [4.78, 5) is 0. The van der Waals surface area contributed by atoms with Crippen LogP contribution in [-0.4, -0.2) is 31.9 Å². The molecule has 1 aromatic rings. The van der Waals surface area contributed by atoms with Crippen LogP contribution in [0.15, 0.2) is 43.0 Å². The first kappa shape index (κ1) is 14.2. The summed E-state index contributed by atoms with van der Waals surface area (Å²) in [5.41, 5.74) is 1.14. The van der Waals surface area contributed by atoms with Crippen LogP contribution in [0.4, 0.5) is 0 Å². The Bertz CT molecular complexity index is 392. The van der Waals surface area contributed by atoms with Gasteiger partial charge in [0.2, 0.25) is 0 Å². The van der Waals surface area contributed by atoms with Crippen LogP contribution in [-0.2, 0) is 25.6 Å². The fourth-order valence-electron chi connectivity index (χ4n) is 1.92. The largest absolute Gasteiger partial charge is 0.374 e. The van der Waals surface area contributed by atoms with Gasteiger partial charge in [-0.25, -0.2) is 0 Å². The van der Waals surface area contributed by atoms with Crippen molar-refractivity contribution in [3.63, 3.8) is 0 Å². The van der Waals surface area contributed by atoms with E-state index in [0.29, 0.717) is 26.4 Å². The van der Waals surface area contributed by atoms with Crippen molar-refractivity contribution in [2.45, 2.75) is 25.6 Å². The smallest absolute Gasteiger partial charge is 0.304 e. The Kier molecular flexibility index (Phi) is 5.10. The van der Waals surface area contributed by atoms with Crippen molar-refractivity contribution in [1.82, 2.24) is 0 Å². The first-order valence-corrected chi connectivity index (χ1v) is 6.49. The van der Waals surface area contributed by atoms with Crippen molar-refractivity contribution in [2.24, 2.45) is 0 Å². The summed E-state index contributed by atoms with van der Waals surface area (Å²) in [5, 5.41) is 0. The van der Waals surface area contributed by atoms with Crippen LogP contribution < -0.4 is 0 Å². The van der Waals surface area contributed by atoms with Crippen LogP contribution in [0.5, 0.6) is 0 Å². The summed E-state index contributed by atoms with van der Waals surface area (Å²) in [6.45, 7) is 7.55. The predicted molar refractivity (Wildman–Crippen MR) is 71.5 cm³/mol. The highest BCUT2D eigenvalue weighted by molar-refractivity contribution is 5.13. The van der Waals surface area contributed by atoms with Crippen LogP contribution in [0, 0.1) is 0 Å². The molecule has 0 bridgehead atoms. The zero-order valence-corrected chi connectivity index (χ0v) is 11.2. The summed E-state index contributed by atoms with van der Waals surface area (Å²) >= 11 is 0. The van der Waals surface area contributed by atoms with Crippen molar-refractivity contribution in [1.29, 1.82) is 0 Å².